The lowest BCUT2D eigenvalue weighted by molar-refractivity contribution is -0.150. The van der Waals surface area contributed by atoms with Crippen molar-refractivity contribution in [2.45, 2.75) is 69.7 Å². The minimum absolute atomic E-state index is 0.110. The van der Waals surface area contributed by atoms with Crippen LogP contribution in [-0.4, -0.2) is 70.7 Å². The van der Waals surface area contributed by atoms with Gasteiger partial charge < -0.3 is 24.5 Å². The Morgan fingerprint density at radius 3 is 2.18 bits per heavy atom. The first-order valence-electron chi connectivity index (χ1n) is 15.9. The number of benzene rings is 2. The minimum Gasteiger partial charge on any atom is -0.394 e. The first-order valence-corrected chi connectivity index (χ1v) is 16.3. The summed E-state index contributed by atoms with van der Waals surface area (Å²) in [5.41, 5.74) is -0.848. The summed E-state index contributed by atoms with van der Waals surface area (Å²) in [6.45, 7) is 13.8. The van der Waals surface area contributed by atoms with Crippen LogP contribution in [-0.2, 0) is 19.1 Å². The number of ether oxygens (including phenoxy) is 1. The van der Waals surface area contributed by atoms with Crippen molar-refractivity contribution in [3.8, 4) is 0 Å². The molecule has 240 valence electrons. The van der Waals surface area contributed by atoms with Crippen LogP contribution in [0, 0.1) is 17.8 Å². The molecule has 0 radical (unpaired) electrons. The van der Waals surface area contributed by atoms with Crippen LogP contribution in [0.25, 0.3) is 0 Å². The maximum absolute atomic E-state index is 14.9. The summed E-state index contributed by atoms with van der Waals surface area (Å²) in [5, 5.41) is 11.3. The van der Waals surface area contributed by atoms with Crippen molar-refractivity contribution in [2.75, 3.05) is 29.5 Å². The summed E-state index contributed by atoms with van der Waals surface area (Å²) < 4.78 is 7.03. The molecule has 2 aromatic carbocycles. The molecule has 0 aromatic heterocycles. The van der Waals surface area contributed by atoms with E-state index in [1.54, 1.807) is 51.1 Å². The molecule has 2 aromatic rings. The van der Waals surface area contributed by atoms with Gasteiger partial charge in [0.2, 0.25) is 11.8 Å². The van der Waals surface area contributed by atoms with Crippen molar-refractivity contribution in [3.05, 3.63) is 84.9 Å². The summed E-state index contributed by atoms with van der Waals surface area (Å²) in [5.74, 6) is -2.69. The molecule has 2 unspecified atom stereocenters. The molecule has 3 amide bonds. The Bertz CT molecular complexity index is 1430. The van der Waals surface area contributed by atoms with Crippen molar-refractivity contribution in [1.29, 1.82) is 0 Å². The van der Waals surface area contributed by atoms with Gasteiger partial charge in [-0.3, -0.25) is 14.4 Å². The van der Waals surface area contributed by atoms with Crippen LogP contribution in [0.5, 0.6) is 0 Å². The molecule has 8 nitrogen and oxygen atoms in total. The second-order valence-corrected chi connectivity index (χ2v) is 12.9. The Morgan fingerprint density at radius 2 is 1.62 bits per heavy atom. The lowest BCUT2D eigenvalue weighted by Crippen LogP contribution is -2.60. The van der Waals surface area contributed by atoms with Crippen LogP contribution >= 0.6 is 11.6 Å². The van der Waals surface area contributed by atoms with Gasteiger partial charge >= 0.3 is 0 Å². The maximum atomic E-state index is 14.9. The molecule has 3 saturated heterocycles. The number of hydrogen-bond acceptors (Lipinski definition) is 5. The third-order valence-electron chi connectivity index (χ3n) is 10.3. The van der Waals surface area contributed by atoms with Gasteiger partial charge in [0.25, 0.3) is 5.91 Å². The average Bonchev–Trinajstić information content (AvgIpc) is 3.67. The fourth-order valence-corrected chi connectivity index (χ4v) is 8.06. The zero-order valence-electron chi connectivity index (χ0n) is 26.4. The number of nitrogens with zero attached hydrogens (tertiary/aromatic N) is 3. The normalized spacial score (nSPS) is 28.0. The Hall–Kier alpha value is -3.46. The van der Waals surface area contributed by atoms with Gasteiger partial charge in [0, 0.05) is 29.5 Å². The van der Waals surface area contributed by atoms with E-state index in [1.165, 1.54) is 0 Å². The fraction of sp³-hybridized carbons (Fsp3) is 0.472. The third-order valence-corrected chi connectivity index (χ3v) is 10.6. The Morgan fingerprint density at radius 1 is 1.02 bits per heavy atom. The van der Waals surface area contributed by atoms with E-state index in [1.807, 2.05) is 51.1 Å². The monoisotopic (exact) mass is 633 g/mol. The van der Waals surface area contributed by atoms with E-state index in [2.05, 4.69) is 13.2 Å². The predicted octanol–water partition coefficient (Wildman–Crippen LogP) is 5.64. The molecule has 5 rings (SSSR count). The minimum atomic E-state index is -1.24. The molecule has 0 saturated carbocycles. The van der Waals surface area contributed by atoms with Gasteiger partial charge in [0.15, 0.2) is 0 Å². The molecule has 45 heavy (non-hydrogen) atoms. The highest BCUT2D eigenvalue weighted by molar-refractivity contribution is 6.30. The Kier molecular flexibility index (Phi) is 9.59. The molecular weight excluding hydrogens is 590 g/mol. The number of aliphatic hydroxyl groups is 1. The first kappa shape index (κ1) is 32.9. The molecule has 3 aliphatic heterocycles. The van der Waals surface area contributed by atoms with Gasteiger partial charge in [-0.15, -0.1) is 13.2 Å². The highest BCUT2D eigenvalue weighted by Crippen LogP contribution is 2.65. The topological polar surface area (TPSA) is 90.4 Å². The van der Waals surface area contributed by atoms with Crippen LogP contribution in [0.1, 0.15) is 46.5 Å². The molecule has 0 aliphatic carbocycles. The van der Waals surface area contributed by atoms with E-state index in [9.17, 15) is 19.5 Å². The van der Waals surface area contributed by atoms with Crippen LogP contribution in [0.3, 0.4) is 0 Å². The zero-order chi connectivity index (χ0) is 32.5. The maximum Gasteiger partial charge on any atom is 0.253 e. The van der Waals surface area contributed by atoms with Crippen molar-refractivity contribution < 1.29 is 24.2 Å². The van der Waals surface area contributed by atoms with Crippen molar-refractivity contribution in [2.24, 2.45) is 17.8 Å². The van der Waals surface area contributed by atoms with Gasteiger partial charge in [0.05, 0.1) is 30.1 Å². The second-order valence-electron chi connectivity index (χ2n) is 12.5. The molecule has 1 N–H and O–H groups in total. The number of para-hydroxylation sites is 1. The third kappa shape index (κ3) is 5.30. The lowest BCUT2D eigenvalue weighted by Gasteiger charge is -2.41. The molecular formula is C36H44ClN3O5. The van der Waals surface area contributed by atoms with Crippen LogP contribution in [0.2, 0.25) is 5.02 Å². The number of aliphatic hydroxyl groups excluding tert-OH is 1. The summed E-state index contributed by atoms with van der Waals surface area (Å²) in [6.07, 6.45) is 5.49. The van der Waals surface area contributed by atoms with Crippen molar-refractivity contribution >= 4 is 40.7 Å². The standard InChI is InChI=1S/C36H44ClN3O5/c1-6-21-38(26-13-11-10-12-14-26)32(42)29-30-33(43)40(28(23-41)24(5)8-3)31(36(30)20-19-35(29,9-4)45-36)34(44)39(22-7-2)27-17-15-25(37)16-18-27/h6-7,10-18,24,28-31,41H,1-2,8-9,19-23H2,3-5H3/t24-,28-,29+,30-,31?,35-,36?/m0/s1. The van der Waals surface area contributed by atoms with E-state index in [-0.39, 0.29) is 43.3 Å². The first-order chi connectivity index (χ1) is 21.6. The quantitative estimate of drug-likeness (QED) is 0.288. The Balaban J connectivity index is 1.67. The van der Waals surface area contributed by atoms with E-state index in [0.29, 0.717) is 42.1 Å². The van der Waals surface area contributed by atoms with Crippen molar-refractivity contribution in [3.63, 3.8) is 0 Å². The number of halogens is 1. The number of carbonyl (C=O) groups is 3. The van der Waals surface area contributed by atoms with E-state index >= 15 is 0 Å². The number of fused-ring (bicyclic) bond motifs is 1. The number of anilines is 2. The van der Waals surface area contributed by atoms with Crippen LogP contribution in [0.4, 0.5) is 11.4 Å². The highest BCUT2D eigenvalue weighted by atomic mass is 35.5. The SMILES string of the molecule is C=CCN(C(=O)C1N([C@@H](CO)[C@@H](C)CC)C(=O)[C@@H]2[C@H](C(=O)N(CC=C)c3ccccc3)[C@]3(CC)CCC12O3)c1ccc(Cl)cc1. The van der Waals surface area contributed by atoms with E-state index in [4.69, 9.17) is 16.3 Å². The van der Waals surface area contributed by atoms with Gasteiger partial charge in [-0.2, -0.15) is 0 Å². The molecule has 7 atom stereocenters. The number of carbonyl (C=O) groups excluding carboxylic acids is 3. The predicted molar refractivity (Wildman–Crippen MR) is 177 cm³/mol. The number of rotatable bonds is 13. The highest BCUT2D eigenvalue weighted by Gasteiger charge is 2.79. The average molecular weight is 634 g/mol. The lowest BCUT2D eigenvalue weighted by atomic mass is 9.64. The number of hydrogen-bond donors (Lipinski definition) is 1. The largest absolute Gasteiger partial charge is 0.394 e. The summed E-state index contributed by atoms with van der Waals surface area (Å²) in [6, 6.07) is 14.6. The molecule has 3 heterocycles. The fourth-order valence-electron chi connectivity index (χ4n) is 7.93. The Labute approximate surface area is 271 Å². The smallest absolute Gasteiger partial charge is 0.253 e. The van der Waals surface area contributed by atoms with Gasteiger partial charge in [-0.25, -0.2) is 0 Å². The molecule has 2 bridgehead atoms. The van der Waals surface area contributed by atoms with Crippen LogP contribution in [0.15, 0.2) is 79.9 Å². The van der Waals surface area contributed by atoms with Gasteiger partial charge in [-0.1, -0.05) is 69.1 Å². The zero-order valence-corrected chi connectivity index (χ0v) is 27.2. The van der Waals surface area contributed by atoms with Gasteiger partial charge in [-0.05, 0) is 61.6 Å². The molecule has 9 heteroatoms. The summed E-state index contributed by atoms with van der Waals surface area (Å²) in [7, 11) is 0. The second kappa shape index (κ2) is 13.1. The summed E-state index contributed by atoms with van der Waals surface area (Å²) >= 11 is 6.18. The number of amides is 3. The summed E-state index contributed by atoms with van der Waals surface area (Å²) in [4.78, 5) is 49.4. The molecule has 1 spiro atoms. The number of likely N-dealkylation sites (tertiary alicyclic amines) is 1. The van der Waals surface area contributed by atoms with Gasteiger partial charge in [0.1, 0.15) is 11.6 Å². The molecule has 3 fully saturated rings. The molecule has 3 aliphatic rings. The van der Waals surface area contributed by atoms with E-state index in [0.717, 1.165) is 0 Å². The van der Waals surface area contributed by atoms with Crippen LogP contribution < -0.4 is 9.80 Å². The van der Waals surface area contributed by atoms with E-state index < -0.39 is 35.1 Å². The van der Waals surface area contributed by atoms with Crippen molar-refractivity contribution in [1.82, 2.24) is 4.90 Å².